The molecular formula is C27H26FN3O4. The number of nitrogens with zero attached hydrogens (tertiary/aromatic N) is 2. The average molecular weight is 476 g/mol. The van der Waals surface area contributed by atoms with Gasteiger partial charge < -0.3 is 19.5 Å². The number of ether oxygens (including phenoxy) is 3. The van der Waals surface area contributed by atoms with Crippen LogP contribution in [0.5, 0.6) is 23.1 Å². The number of anilines is 1. The van der Waals surface area contributed by atoms with Gasteiger partial charge in [-0.2, -0.15) is 5.10 Å². The Bertz CT molecular complexity index is 1300. The molecule has 180 valence electrons. The van der Waals surface area contributed by atoms with Gasteiger partial charge in [0.05, 0.1) is 31.3 Å². The summed E-state index contributed by atoms with van der Waals surface area (Å²) in [5.74, 6) is 1.74. The number of hydrogen-bond donors (Lipinski definition) is 1. The summed E-state index contributed by atoms with van der Waals surface area (Å²) in [4.78, 5) is 12.6. The molecule has 0 aliphatic rings. The Labute approximate surface area is 203 Å². The quantitative estimate of drug-likeness (QED) is 0.336. The van der Waals surface area contributed by atoms with E-state index in [0.29, 0.717) is 23.8 Å². The first-order chi connectivity index (χ1) is 17.0. The van der Waals surface area contributed by atoms with Crippen molar-refractivity contribution in [3.05, 3.63) is 89.9 Å². The van der Waals surface area contributed by atoms with E-state index in [2.05, 4.69) is 10.4 Å². The van der Waals surface area contributed by atoms with Crippen LogP contribution in [0.2, 0.25) is 0 Å². The van der Waals surface area contributed by atoms with E-state index in [1.165, 1.54) is 12.1 Å². The van der Waals surface area contributed by atoms with Crippen molar-refractivity contribution < 1.29 is 23.4 Å². The number of aromatic nitrogens is 2. The maximum atomic E-state index is 13.9. The molecule has 7 nitrogen and oxygen atoms in total. The zero-order valence-corrected chi connectivity index (χ0v) is 19.7. The molecule has 0 unspecified atom stereocenters. The van der Waals surface area contributed by atoms with Crippen molar-refractivity contribution in [2.75, 3.05) is 19.5 Å². The van der Waals surface area contributed by atoms with Crippen molar-refractivity contribution in [2.24, 2.45) is 0 Å². The predicted molar refractivity (Wildman–Crippen MR) is 131 cm³/mol. The van der Waals surface area contributed by atoms with Gasteiger partial charge >= 0.3 is 0 Å². The molecule has 3 aromatic carbocycles. The van der Waals surface area contributed by atoms with Crippen molar-refractivity contribution in [1.29, 1.82) is 0 Å². The Kier molecular flexibility index (Phi) is 7.30. The SMILES string of the molecule is COc1ccc(Oc2c(CCC(=O)Nc3ccccc3F)c(C)nn2-c2ccc(OC)cc2)cc1. The lowest BCUT2D eigenvalue weighted by atomic mass is 10.1. The maximum absolute atomic E-state index is 13.9. The monoisotopic (exact) mass is 475 g/mol. The highest BCUT2D eigenvalue weighted by atomic mass is 19.1. The van der Waals surface area contributed by atoms with Crippen LogP contribution in [0.15, 0.2) is 72.8 Å². The zero-order valence-electron chi connectivity index (χ0n) is 19.7. The number of methoxy groups -OCH3 is 2. The standard InChI is InChI=1S/C27H26FN3O4/c1-18-23(16-17-26(32)29-25-7-5-4-6-24(25)28)27(35-22-14-12-21(34-3)13-15-22)31(30-18)19-8-10-20(33-2)11-9-19/h4-15H,16-17H2,1-3H3,(H,29,32). The third kappa shape index (κ3) is 5.60. The minimum atomic E-state index is -0.479. The van der Waals surface area contributed by atoms with Gasteiger partial charge in [-0.1, -0.05) is 12.1 Å². The summed E-state index contributed by atoms with van der Waals surface area (Å²) in [5, 5.41) is 7.30. The first-order valence-electron chi connectivity index (χ1n) is 11.1. The van der Waals surface area contributed by atoms with Gasteiger partial charge in [0.1, 0.15) is 23.1 Å². The minimum Gasteiger partial charge on any atom is -0.497 e. The van der Waals surface area contributed by atoms with Crippen molar-refractivity contribution in [1.82, 2.24) is 9.78 Å². The largest absolute Gasteiger partial charge is 0.497 e. The van der Waals surface area contributed by atoms with Crippen molar-refractivity contribution in [3.8, 4) is 28.8 Å². The summed E-state index contributed by atoms with van der Waals surface area (Å²) in [6.07, 6.45) is 0.482. The fourth-order valence-corrected chi connectivity index (χ4v) is 3.60. The van der Waals surface area contributed by atoms with Crippen molar-refractivity contribution in [3.63, 3.8) is 0 Å². The lowest BCUT2D eigenvalue weighted by Crippen LogP contribution is -2.13. The van der Waals surface area contributed by atoms with Crippen LogP contribution in [0.25, 0.3) is 5.69 Å². The molecule has 4 aromatic rings. The molecule has 8 heteroatoms. The second kappa shape index (κ2) is 10.7. The smallest absolute Gasteiger partial charge is 0.226 e. The van der Waals surface area contributed by atoms with Gasteiger partial charge in [0.15, 0.2) is 0 Å². The number of carbonyl (C=O) groups excluding carboxylic acids is 1. The topological polar surface area (TPSA) is 74.6 Å². The Balaban J connectivity index is 1.62. The van der Waals surface area contributed by atoms with E-state index in [-0.39, 0.29) is 18.0 Å². The third-order valence-electron chi connectivity index (χ3n) is 5.48. The van der Waals surface area contributed by atoms with Gasteiger partial charge in [-0.3, -0.25) is 4.79 Å². The summed E-state index contributed by atoms with van der Waals surface area (Å²) in [5.41, 5.74) is 2.43. The van der Waals surface area contributed by atoms with E-state index in [1.807, 2.05) is 31.2 Å². The van der Waals surface area contributed by atoms with Crippen LogP contribution in [-0.4, -0.2) is 29.9 Å². The summed E-state index contributed by atoms with van der Waals surface area (Å²) < 4.78 is 32.4. The molecule has 0 spiro atoms. The second-order valence-electron chi connectivity index (χ2n) is 7.78. The summed E-state index contributed by atoms with van der Waals surface area (Å²) in [7, 11) is 3.21. The molecule has 0 atom stereocenters. The number of carbonyl (C=O) groups is 1. The molecule has 35 heavy (non-hydrogen) atoms. The zero-order chi connectivity index (χ0) is 24.8. The summed E-state index contributed by atoms with van der Waals surface area (Å²) in [6, 6.07) is 20.7. The molecule has 1 aromatic heterocycles. The van der Waals surface area contributed by atoms with Crippen molar-refractivity contribution >= 4 is 11.6 Å². The predicted octanol–water partition coefficient (Wildman–Crippen LogP) is 5.70. The van der Waals surface area contributed by atoms with Crippen LogP contribution < -0.4 is 19.5 Å². The molecule has 0 aliphatic heterocycles. The first kappa shape index (κ1) is 23.8. The molecule has 0 bridgehead atoms. The van der Waals surface area contributed by atoms with Crippen LogP contribution in [0.4, 0.5) is 10.1 Å². The normalized spacial score (nSPS) is 10.6. The highest BCUT2D eigenvalue weighted by molar-refractivity contribution is 5.91. The van der Waals surface area contributed by atoms with Crippen LogP contribution in [0, 0.1) is 12.7 Å². The number of nitrogens with one attached hydrogen (secondary N) is 1. The van der Waals surface area contributed by atoms with Gasteiger partial charge in [0, 0.05) is 12.0 Å². The molecule has 0 saturated carbocycles. The van der Waals surface area contributed by atoms with Gasteiger partial charge in [0.25, 0.3) is 0 Å². The number of amides is 1. The molecule has 0 radical (unpaired) electrons. The number of para-hydroxylation sites is 1. The highest BCUT2D eigenvalue weighted by Gasteiger charge is 2.20. The number of benzene rings is 3. The van der Waals surface area contributed by atoms with Crippen molar-refractivity contribution in [2.45, 2.75) is 19.8 Å². The van der Waals surface area contributed by atoms with Gasteiger partial charge in [0.2, 0.25) is 11.8 Å². The molecule has 0 fully saturated rings. The van der Waals surface area contributed by atoms with Crippen LogP contribution >= 0.6 is 0 Å². The lowest BCUT2D eigenvalue weighted by molar-refractivity contribution is -0.116. The van der Waals surface area contributed by atoms with E-state index in [0.717, 1.165) is 22.7 Å². The highest BCUT2D eigenvalue weighted by Crippen LogP contribution is 2.33. The second-order valence-corrected chi connectivity index (χ2v) is 7.78. The number of rotatable bonds is 9. The number of hydrogen-bond acceptors (Lipinski definition) is 5. The number of aryl methyl sites for hydroxylation is 1. The van der Waals surface area contributed by atoms with Crippen LogP contribution in [0.3, 0.4) is 0 Å². The van der Waals surface area contributed by atoms with Gasteiger partial charge in [-0.25, -0.2) is 9.07 Å². The molecule has 1 heterocycles. The molecular weight excluding hydrogens is 449 g/mol. The van der Waals surface area contributed by atoms with Crippen LogP contribution in [-0.2, 0) is 11.2 Å². The van der Waals surface area contributed by atoms with E-state index in [4.69, 9.17) is 14.2 Å². The molecule has 1 N–H and O–H groups in total. The molecule has 0 saturated heterocycles. The summed E-state index contributed by atoms with van der Waals surface area (Å²) in [6.45, 7) is 1.87. The van der Waals surface area contributed by atoms with Gasteiger partial charge in [-0.05, 0) is 74.0 Å². The Hall–Kier alpha value is -4.33. The lowest BCUT2D eigenvalue weighted by Gasteiger charge is -2.12. The molecule has 0 aliphatic carbocycles. The number of halogens is 1. The Morgan fingerprint density at radius 3 is 2.14 bits per heavy atom. The fourth-order valence-electron chi connectivity index (χ4n) is 3.60. The van der Waals surface area contributed by atoms with Crippen LogP contribution in [0.1, 0.15) is 17.7 Å². The Morgan fingerprint density at radius 2 is 1.51 bits per heavy atom. The Morgan fingerprint density at radius 1 is 0.914 bits per heavy atom. The fraction of sp³-hybridized carbons (Fsp3) is 0.185. The van der Waals surface area contributed by atoms with E-state index < -0.39 is 5.82 Å². The molecule has 1 amide bonds. The van der Waals surface area contributed by atoms with E-state index >= 15 is 0 Å². The molecule has 4 rings (SSSR count). The van der Waals surface area contributed by atoms with E-state index in [1.54, 1.807) is 55.3 Å². The maximum Gasteiger partial charge on any atom is 0.226 e. The average Bonchev–Trinajstić information content (AvgIpc) is 3.19. The first-order valence-corrected chi connectivity index (χ1v) is 11.1. The van der Waals surface area contributed by atoms with Gasteiger partial charge in [-0.15, -0.1) is 0 Å². The minimum absolute atomic E-state index is 0.127. The third-order valence-corrected chi connectivity index (χ3v) is 5.48. The van der Waals surface area contributed by atoms with E-state index in [9.17, 15) is 9.18 Å². The summed E-state index contributed by atoms with van der Waals surface area (Å²) >= 11 is 0.